The van der Waals surface area contributed by atoms with E-state index in [9.17, 15) is 10.1 Å². The number of nitrogens with zero attached hydrogens (tertiary/aromatic N) is 4. The third-order valence-electron chi connectivity index (χ3n) is 5.20. The largest absolute Gasteiger partial charge is 0.361 e. The van der Waals surface area contributed by atoms with Gasteiger partial charge in [-0.25, -0.2) is 4.68 Å². The Hall–Kier alpha value is -2.83. The zero-order chi connectivity index (χ0) is 17.6. The van der Waals surface area contributed by atoms with Gasteiger partial charge in [-0.1, -0.05) is 18.2 Å². The highest BCUT2D eigenvalue weighted by Gasteiger charge is 2.31. The van der Waals surface area contributed by atoms with E-state index < -0.39 is 0 Å². The number of hydrogen-bond donors (Lipinski definition) is 1. The molecule has 0 atom stereocenters. The Morgan fingerprint density at radius 3 is 2.72 bits per heavy atom. The molecule has 3 aromatic rings. The number of benzene rings is 1. The van der Waals surface area contributed by atoms with Crippen LogP contribution in [0, 0.1) is 17.0 Å². The van der Waals surface area contributed by atoms with Gasteiger partial charge < -0.3 is 9.88 Å². The predicted molar refractivity (Wildman–Crippen MR) is 97.1 cm³/mol. The van der Waals surface area contributed by atoms with Gasteiger partial charge in [-0.15, -0.1) is 0 Å². The summed E-state index contributed by atoms with van der Waals surface area (Å²) in [4.78, 5) is 16.5. The number of nitro groups is 1. The van der Waals surface area contributed by atoms with Crippen molar-refractivity contribution in [1.29, 1.82) is 0 Å². The Morgan fingerprint density at radius 2 is 2.00 bits per heavy atom. The number of aromatic nitrogens is 3. The molecule has 0 spiro atoms. The number of H-pyrrole nitrogens is 1. The third kappa shape index (κ3) is 2.56. The van der Waals surface area contributed by atoms with Crippen LogP contribution in [0.25, 0.3) is 10.9 Å². The lowest BCUT2D eigenvalue weighted by atomic mass is 9.89. The molecule has 7 nitrogen and oxygen atoms in total. The maximum atomic E-state index is 11.4. The number of para-hydroxylation sites is 1. The summed E-state index contributed by atoms with van der Waals surface area (Å²) in [7, 11) is 1.78. The molecule has 3 heterocycles. The quantitative estimate of drug-likeness (QED) is 0.585. The Kier molecular flexibility index (Phi) is 3.71. The number of hydrogen-bond acceptors (Lipinski definition) is 4. The van der Waals surface area contributed by atoms with Gasteiger partial charge in [0.25, 0.3) is 0 Å². The van der Waals surface area contributed by atoms with Crippen LogP contribution in [0.4, 0.5) is 11.5 Å². The number of anilines is 1. The molecular weight excluding hydrogens is 318 g/mol. The first kappa shape index (κ1) is 15.7. The molecule has 1 aliphatic heterocycles. The molecule has 1 aliphatic rings. The minimum Gasteiger partial charge on any atom is -0.361 e. The molecule has 2 aromatic heterocycles. The van der Waals surface area contributed by atoms with Crippen molar-refractivity contribution in [2.24, 2.45) is 7.05 Å². The number of fused-ring (bicyclic) bond motifs is 1. The molecule has 1 N–H and O–H groups in total. The minimum absolute atomic E-state index is 0.132. The molecule has 130 valence electrons. The summed E-state index contributed by atoms with van der Waals surface area (Å²) in [6.07, 6.45) is 4.06. The van der Waals surface area contributed by atoms with E-state index in [4.69, 9.17) is 0 Å². The second-order valence-corrected chi connectivity index (χ2v) is 6.69. The summed E-state index contributed by atoms with van der Waals surface area (Å²) in [5.74, 6) is 1.10. The fraction of sp³-hybridized carbons (Fsp3) is 0.389. The number of nitrogens with one attached hydrogen (secondary N) is 1. The van der Waals surface area contributed by atoms with Crippen molar-refractivity contribution in [1.82, 2.24) is 14.8 Å². The van der Waals surface area contributed by atoms with Gasteiger partial charge in [0.05, 0.1) is 4.92 Å². The van der Waals surface area contributed by atoms with Crippen LogP contribution in [0.3, 0.4) is 0 Å². The van der Waals surface area contributed by atoms with Gasteiger partial charge in [0.2, 0.25) is 5.82 Å². The maximum Gasteiger partial charge on any atom is 0.333 e. The summed E-state index contributed by atoms with van der Waals surface area (Å²) < 4.78 is 1.64. The summed E-state index contributed by atoms with van der Waals surface area (Å²) in [6, 6.07) is 8.35. The Labute approximate surface area is 145 Å². The van der Waals surface area contributed by atoms with E-state index in [0.29, 0.717) is 17.4 Å². The van der Waals surface area contributed by atoms with Crippen LogP contribution in [0.2, 0.25) is 0 Å². The lowest BCUT2D eigenvalue weighted by molar-refractivity contribution is -0.384. The number of aromatic amines is 1. The molecule has 0 amide bonds. The van der Waals surface area contributed by atoms with E-state index in [1.807, 2.05) is 6.07 Å². The molecule has 1 saturated heterocycles. The first-order valence-electron chi connectivity index (χ1n) is 8.55. The molecule has 4 rings (SSSR count). The molecule has 25 heavy (non-hydrogen) atoms. The molecule has 1 fully saturated rings. The van der Waals surface area contributed by atoms with E-state index >= 15 is 0 Å². The first-order valence-corrected chi connectivity index (χ1v) is 8.55. The SMILES string of the molecule is Cc1nn(C)c(N2CCC(c3c[nH]c4ccccc34)CC2)c1[N+](=O)[O-]. The predicted octanol–water partition coefficient (Wildman–Crippen LogP) is 3.50. The van der Waals surface area contributed by atoms with Crippen molar-refractivity contribution < 1.29 is 4.92 Å². The van der Waals surface area contributed by atoms with E-state index in [1.54, 1.807) is 18.7 Å². The third-order valence-corrected chi connectivity index (χ3v) is 5.20. The van der Waals surface area contributed by atoms with Gasteiger partial charge >= 0.3 is 5.69 Å². The van der Waals surface area contributed by atoms with Crippen molar-refractivity contribution in [2.45, 2.75) is 25.7 Å². The van der Waals surface area contributed by atoms with Gasteiger partial charge in [0, 0.05) is 37.2 Å². The number of piperidine rings is 1. The van der Waals surface area contributed by atoms with Crippen LogP contribution in [0.1, 0.15) is 30.0 Å². The summed E-state index contributed by atoms with van der Waals surface area (Å²) in [5.41, 5.74) is 3.12. The molecule has 0 bridgehead atoms. The summed E-state index contributed by atoms with van der Waals surface area (Å²) >= 11 is 0. The number of aryl methyl sites for hydroxylation is 2. The van der Waals surface area contributed by atoms with E-state index in [-0.39, 0.29) is 10.6 Å². The normalized spacial score (nSPS) is 15.8. The summed E-state index contributed by atoms with van der Waals surface area (Å²) in [6.45, 7) is 3.29. The Balaban J connectivity index is 1.57. The van der Waals surface area contributed by atoms with Gasteiger partial charge in [-0.2, -0.15) is 5.10 Å². The monoisotopic (exact) mass is 339 g/mol. The molecule has 0 aliphatic carbocycles. The lowest BCUT2D eigenvalue weighted by Crippen LogP contribution is -2.34. The first-order chi connectivity index (χ1) is 12.1. The minimum atomic E-state index is -0.316. The molecule has 7 heteroatoms. The van der Waals surface area contributed by atoms with Crippen LogP contribution in [0.5, 0.6) is 0 Å². The fourth-order valence-corrected chi connectivity index (χ4v) is 4.04. The zero-order valence-corrected chi connectivity index (χ0v) is 14.4. The van der Waals surface area contributed by atoms with Gasteiger partial charge in [0.1, 0.15) is 5.69 Å². The molecule has 0 unspecified atom stereocenters. The van der Waals surface area contributed by atoms with Crippen LogP contribution in [0.15, 0.2) is 30.5 Å². The van der Waals surface area contributed by atoms with Crippen molar-refractivity contribution in [3.05, 3.63) is 51.8 Å². The molecular formula is C18H21N5O2. The Bertz CT molecular complexity index is 934. The second-order valence-electron chi connectivity index (χ2n) is 6.69. The highest BCUT2D eigenvalue weighted by molar-refractivity contribution is 5.83. The molecule has 0 saturated carbocycles. The van der Waals surface area contributed by atoms with E-state index in [1.165, 1.54) is 10.9 Å². The van der Waals surface area contributed by atoms with E-state index in [0.717, 1.165) is 31.4 Å². The van der Waals surface area contributed by atoms with Crippen LogP contribution >= 0.6 is 0 Å². The highest BCUT2D eigenvalue weighted by atomic mass is 16.6. The standard InChI is InChI=1S/C18H21N5O2/c1-12-17(23(24)25)18(21(2)20-12)22-9-7-13(8-10-22)15-11-19-16-6-4-3-5-14(15)16/h3-6,11,13,19H,7-10H2,1-2H3. The molecule has 0 radical (unpaired) electrons. The maximum absolute atomic E-state index is 11.4. The van der Waals surface area contributed by atoms with Crippen molar-refractivity contribution >= 4 is 22.4 Å². The average Bonchev–Trinajstić information content (AvgIpc) is 3.15. The van der Waals surface area contributed by atoms with Crippen molar-refractivity contribution in [3.63, 3.8) is 0 Å². The smallest absolute Gasteiger partial charge is 0.333 e. The average molecular weight is 339 g/mol. The highest BCUT2D eigenvalue weighted by Crippen LogP contribution is 2.37. The lowest BCUT2D eigenvalue weighted by Gasteiger charge is -2.32. The van der Waals surface area contributed by atoms with Crippen molar-refractivity contribution in [3.8, 4) is 0 Å². The fourth-order valence-electron chi connectivity index (χ4n) is 4.04. The zero-order valence-electron chi connectivity index (χ0n) is 14.4. The van der Waals surface area contributed by atoms with Gasteiger partial charge in [-0.05, 0) is 37.3 Å². The second kappa shape index (κ2) is 5.91. The van der Waals surface area contributed by atoms with Crippen molar-refractivity contribution in [2.75, 3.05) is 18.0 Å². The number of rotatable bonds is 3. The topological polar surface area (TPSA) is 80.0 Å². The van der Waals surface area contributed by atoms with Gasteiger partial charge in [-0.3, -0.25) is 10.1 Å². The molecule has 1 aromatic carbocycles. The van der Waals surface area contributed by atoms with Crippen LogP contribution in [-0.2, 0) is 7.05 Å². The summed E-state index contributed by atoms with van der Waals surface area (Å²) in [5, 5.41) is 16.9. The Morgan fingerprint density at radius 1 is 1.28 bits per heavy atom. The van der Waals surface area contributed by atoms with Gasteiger partial charge in [0.15, 0.2) is 0 Å². The van der Waals surface area contributed by atoms with Crippen LogP contribution in [-0.4, -0.2) is 32.8 Å². The van der Waals surface area contributed by atoms with E-state index in [2.05, 4.69) is 39.4 Å². The van der Waals surface area contributed by atoms with Crippen LogP contribution < -0.4 is 4.90 Å².